The molecule has 24 heavy (non-hydrogen) atoms. The Hall–Kier alpha value is -3.02. The van der Waals surface area contributed by atoms with E-state index in [0.717, 1.165) is 11.3 Å². The van der Waals surface area contributed by atoms with Crippen LogP contribution in [0.3, 0.4) is 0 Å². The van der Waals surface area contributed by atoms with Crippen LogP contribution in [0.15, 0.2) is 48.5 Å². The molecule has 0 unspecified atom stereocenters. The largest absolute Gasteiger partial charge is 0.493 e. The molecule has 3 amide bonds. The number of aryl methyl sites for hydroxylation is 1. The fraction of sp³-hybridized carbons (Fsp3) is 0.222. The van der Waals surface area contributed by atoms with Crippen molar-refractivity contribution in [3.05, 3.63) is 59.7 Å². The summed E-state index contributed by atoms with van der Waals surface area (Å²) in [6, 6.07) is 13.5. The Morgan fingerprint density at radius 1 is 1.08 bits per heavy atom. The van der Waals surface area contributed by atoms with E-state index in [1.807, 2.05) is 31.2 Å². The van der Waals surface area contributed by atoms with Crippen LogP contribution < -0.4 is 21.1 Å². The third kappa shape index (κ3) is 5.31. The van der Waals surface area contributed by atoms with Gasteiger partial charge in [-0.1, -0.05) is 18.2 Å². The Morgan fingerprint density at radius 3 is 2.50 bits per heavy atom. The molecule has 0 spiro atoms. The van der Waals surface area contributed by atoms with Gasteiger partial charge in [0.1, 0.15) is 5.75 Å². The molecule has 0 heterocycles. The van der Waals surface area contributed by atoms with E-state index in [0.29, 0.717) is 30.8 Å². The highest BCUT2D eigenvalue weighted by molar-refractivity contribution is 6.04. The smallest absolute Gasteiger partial charge is 0.321 e. The molecule has 2 aromatic carbocycles. The van der Waals surface area contributed by atoms with Gasteiger partial charge in [0, 0.05) is 17.8 Å². The zero-order valence-corrected chi connectivity index (χ0v) is 13.5. The number of anilines is 1. The Balaban J connectivity index is 1.65. The average Bonchev–Trinajstić information content (AvgIpc) is 2.56. The van der Waals surface area contributed by atoms with E-state index in [-0.39, 0.29) is 0 Å². The number of amides is 3. The molecule has 0 aromatic heterocycles. The Morgan fingerprint density at radius 2 is 1.79 bits per heavy atom. The van der Waals surface area contributed by atoms with Crippen LogP contribution in [0.5, 0.6) is 5.75 Å². The second-order valence-corrected chi connectivity index (χ2v) is 5.30. The number of hydrogen-bond acceptors (Lipinski definition) is 4. The highest BCUT2D eigenvalue weighted by atomic mass is 16.5. The molecule has 4 N–H and O–H groups in total. The van der Waals surface area contributed by atoms with E-state index in [1.54, 1.807) is 24.3 Å². The van der Waals surface area contributed by atoms with Crippen LogP contribution in [0.25, 0.3) is 0 Å². The molecular weight excluding hydrogens is 306 g/mol. The number of rotatable bonds is 6. The summed E-state index contributed by atoms with van der Waals surface area (Å²) in [6.45, 7) is 2.87. The first kappa shape index (κ1) is 17.3. The number of urea groups is 1. The van der Waals surface area contributed by atoms with Crippen molar-refractivity contribution in [3.63, 3.8) is 0 Å². The van der Waals surface area contributed by atoms with Crippen LogP contribution >= 0.6 is 0 Å². The van der Waals surface area contributed by atoms with Crippen molar-refractivity contribution >= 4 is 17.6 Å². The van der Waals surface area contributed by atoms with Gasteiger partial charge in [0.05, 0.1) is 6.61 Å². The summed E-state index contributed by atoms with van der Waals surface area (Å²) >= 11 is 0. The zero-order valence-electron chi connectivity index (χ0n) is 13.5. The standard InChI is InChI=1S/C18H21N3O3/c1-13-5-2-3-6-16(13)24-12-4-11-20-18(23)21-17(22)14-7-9-15(19)10-8-14/h2-3,5-10H,4,11-12,19H2,1H3,(H2,20,21,22,23). The predicted octanol–water partition coefficient (Wildman–Crippen LogP) is 2.49. The first-order valence-corrected chi connectivity index (χ1v) is 7.69. The Labute approximate surface area is 141 Å². The minimum Gasteiger partial charge on any atom is -0.493 e. The van der Waals surface area contributed by atoms with Gasteiger partial charge in [-0.15, -0.1) is 0 Å². The minimum absolute atomic E-state index is 0.377. The van der Waals surface area contributed by atoms with Crippen molar-refractivity contribution < 1.29 is 14.3 Å². The van der Waals surface area contributed by atoms with Gasteiger partial charge in [-0.05, 0) is 49.2 Å². The molecule has 0 atom stereocenters. The number of imide groups is 1. The molecule has 2 rings (SSSR count). The van der Waals surface area contributed by atoms with Crippen LogP contribution in [-0.4, -0.2) is 25.1 Å². The lowest BCUT2D eigenvalue weighted by Crippen LogP contribution is -2.40. The third-order valence-corrected chi connectivity index (χ3v) is 3.36. The van der Waals surface area contributed by atoms with Gasteiger partial charge >= 0.3 is 6.03 Å². The second kappa shape index (κ2) is 8.57. The third-order valence-electron chi connectivity index (χ3n) is 3.36. The highest BCUT2D eigenvalue weighted by Gasteiger charge is 2.09. The van der Waals surface area contributed by atoms with Crippen molar-refractivity contribution in [2.24, 2.45) is 0 Å². The van der Waals surface area contributed by atoms with E-state index in [1.165, 1.54) is 0 Å². The van der Waals surface area contributed by atoms with Crippen molar-refractivity contribution in [1.82, 2.24) is 10.6 Å². The summed E-state index contributed by atoms with van der Waals surface area (Å²) in [7, 11) is 0. The van der Waals surface area contributed by atoms with Crippen LogP contribution in [0.4, 0.5) is 10.5 Å². The van der Waals surface area contributed by atoms with E-state index in [4.69, 9.17) is 10.5 Å². The van der Waals surface area contributed by atoms with Crippen LogP contribution in [-0.2, 0) is 0 Å². The molecule has 6 nitrogen and oxygen atoms in total. The second-order valence-electron chi connectivity index (χ2n) is 5.30. The van der Waals surface area contributed by atoms with E-state index >= 15 is 0 Å². The number of carbonyl (C=O) groups excluding carboxylic acids is 2. The lowest BCUT2D eigenvalue weighted by atomic mass is 10.2. The number of hydrogen-bond donors (Lipinski definition) is 3. The molecular formula is C18H21N3O3. The summed E-state index contributed by atoms with van der Waals surface area (Å²) in [5.41, 5.74) is 7.55. The molecule has 0 saturated heterocycles. The van der Waals surface area contributed by atoms with Crippen LogP contribution in [0, 0.1) is 6.92 Å². The fourth-order valence-corrected chi connectivity index (χ4v) is 2.03. The van der Waals surface area contributed by atoms with Crippen molar-refractivity contribution in [3.8, 4) is 5.75 Å². The van der Waals surface area contributed by atoms with Gasteiger partial charge in [-0.3, -0.25) is 10.1 Å². The summed E-state index contributed by atoms with van der Waals surface area (Å²) in [6.07, 6.45) is 0.637. The number of nitrogen functional groups attached to an aromatic ring is 1. The minimum atomic E-state index is -0.535. The number of benzene rings is 2. The molecule has 0 aliphatic rings. The molecule has 2 aromatic rings. The molecule has 126 valence electrons. The molecule has 0 aliphatic heterocycles. The molecule has 6 heteroatoms. The summed E-state index contributed by atoms with van der Waals surface area (Å²) in [4.78, 5) is 23.5. The molecule has 0 bridgehead atoms. The van der Waals surface area contributed by atoms with E-state index < -0.39 is 11.9 Å². The molecule has 0 saturated carbocycles. The maximum absolute atomic E-state index is 11.8. The fourth-order valence-electron chi connectivity index (χ4n) is 2.03. The summed E-state index contributed by atoms with van der Waals surface area (Å²) < 4.78 is 5.63. The Kier molecular flexibility index (Phi) is 6.19. The number of ether oxygens (including phenoxy) is 1. The van der Waals surface area contributed by atoms with Gasteiger partial charge in [0.15, 0.2) is 0 Å². The van der Waals surface area contributed by atoms with E-state index in [9.17, 15) is 9.59 Å². The van der Waals surface area contributed by atoms with Crippen LogP contribution in [0.2, 0.25) is 0 Å². The first-order valence-electron chi connectivity index (χ1n) is 7.69. The highest BCUT2D eigenvalue weighted by Crippen LogP contribution is 2.15. The first-order chi connectivity index (χ1) is 11.6. The van der Waals surface area contributed by atoms with Crippen molar-refractivity contribution in [1.29, 1.82) is 0 Å². The SMILES string of the molecule is Cc1ccccc1OCCCNC(=O)NC(=O)c1ccc(N)cc1. The summed E-state index contributed by atoms with van der Waals surface area (Å²) in [5, 5.41) is 4.88. The predicted molar refractivity (Wildman–Crippen MR) is 93.0 cm³/mol. The number of para-hydroxylation sites is 1. The normalized spacial score (nSPS) is 10.0. The maximum Gasteiger partial charge on any atom is 0.321 e. The van der Waals surface area contributed by atoms with Crippen LogP contribution in [0.1, 0.15) is 22.3 Å². The lowest BCUT2D eigenvalue weighted by molar-refractivity contribution is 0.0964. The summed E-state index contributed by atoms with van der Waals surface area (Å²) in [5.74, 6) is 0.365. The molecule has 0 radical (unpaired) electrons. The van der Waals surface area contributed by atoms with E-state index in [2.05, 4.69) is 10.6 Å². The number of carbonyl (C=O) groups is 2. The van der Waals surface area contributed by atoms with Gasteiger partial charge < -0.3 is 15.8 Å². The van der Waals surface area contributed by atoms with Crippen molar-refractivity contribution in [2.45, 2.75) is 13.3 Å². The molecule has 0 aliphatic carbocycles. The number of nitrogens with two attached hydrogens (primary N) is 1. The Bertz CT molecular complexity index is 699. The lowest BCUT2D eigenvalue weighted by Gasteiger charge is -2.09. The zero-order chi connectivity index (χ0) is 17.4. The average molecular weight is 327 g/mol. The van der Waals surface area contributed by atoms with Crippen molar-refractivity contribution in [2.75, 3.05) is 18.9 Å². The van der Waals surface area contributed by atoms with Gasteiger partial charge in [-0.2, -0.15) is 0 Å². The van der Waals surface area contributed by atoms with Gasteiger partial charge in [0.25, 0.3) is 5.91 Å². The quantitative estimate of drug-likeness (QED) is 0.561. The van der Waals surface area contributed by atoms with Gasteiger partial charge in [-0.25, -0.2) is 4.79 Å². The topological polar surface area (TPSA) is 93.5 Å². The maximum atomic E-state index is 11.8. The van der Waals surface area contributed by atoms with Gasteiger partial charge in [0.2, 0.25) is 0 Å². The number of nitrogens with one attached hydrogen (secondary N) is 2. The molecule has 0 fully saturated rings. The monoisotopic (exact) mass is 327 g/mol.